The highest BCUT2D eigenvalue weighted by Gasteiger charge is 2.22. The van der Waals surface area contributed by atoms with Gasteiger partial charge in [-0.1, -0.05) is 24.3 Å². The highest BCUT2D eigenvalue weighted by Crippen LogP contribution is 2.27. The first-order valence-corrected chi connectivity index (χ1v) is 13.2. The quantitative estimate of drug-likeness (QED) is 0.296. The smallest absolute Gasteiger partial charge is 0.247 e. The van der Waals surface area contributed by atoms with Crippen LogP contribution in [0, 0.1) is 0 Å². The van der Waals surface area contributed by atoms with Crippen molar-refractivity contribution in [1.29, 1.82) is 0 Å². The maximum Gasteiger partial charge on any atom is 0.247 e. The molecule has 4 aromatic rings. The van der Waals surface area contributed by atoms with Crippen LogP contribution in [-0.4, -0.2) is 25.6 Å². The summed E-state index contributed by atoms with van der Waals surface area (Å²) in [7, 11) is 0. The molecule has 2 atom stereocenters. The Morgan fingerprint density at radius 3 is 2.61 bits per heavy atom. The summed E-state index contributed by atoms with van der Waals surface area (Å²) in [6.07, 6.45) is 3.32. The molecule has 2 unspecified atom stereocenters. The third kappa shape index (κ3) is 5.66. The van der Waals surface area contributed by atoms with Crippen LogP contribution >= 0.6 is 0 Å². The first kappa shape index (κ1) is 25.4. The normalized spacial score (nSPS) is 17.0. The maximum absolute atomic E-state index is 13.5. The molecule has 3 aromatic carbocycles. The van der Waals surface area contributed by atoms with Crippen molar-refractivity contribution in [2.75, 3.05) is 16.4 Å². The molecule has 2 amide bonds. The molecule has 194 valence electrons. The number of nitrogen functional groups attached to an aromatic ring is 1. The zero-order valence-corrected chi connectivity index (χ0v) is 21.2. The van der Waals surface area contributed by atoms with Crippen molar-refractivity contribution in [2.45, 2.75) is 36.7 Å². The van der Waals surface area contributed by atoms with Crippen LogP contribution in [0.15, 0.2) is 77.8 Å². The van der Waals surface area contributed by atoms with Gasteiger partial charge in [0.05, 0.1) is 0 Å². The number of aromatic nitrogens is 1. The van der Waals surface area contributed by atoms with Crippen LogP contribution in [0.3, 0.4) is 0 Å². The molecule has 38 heavy (non-hydrogen) atoms. The van der Waals surface area contributed by atoms with Gasteiger partial charge in [0.2, 0.25) is 11.8 Å². The SMILES string of the molecule is Nc1nccc2cc(NC3C(=O)NCc4cc(ccc4S(=O)[O-])NC(=O)CCCc4ccc3cc4)ccc12. The van der Waals surface area contributed by atoms with E-state index in [1.165, 1.54) is 6.07 Å². The predicted molar refractivity (Wildman–Crippen MR) is 146 cm³/mol. The molecule has 2 aliphatic heterocycles. The maximum atomic E-state index is 13.5. The number of benzene rings is 3. The van der Waals surface area contributed by atoms with Gasteiger partial charge in [-0.15, -0.1) is 0 Å². The lowest BCUT2D eigenvalue weighted by atomic mass is 10.0. The van der Waals surface area contributed by atoms with Crippen LogP contribution in [0.2, 0.25) is 0 Å². The number of hydrogen-bond donors (Lipinski definition) is 4. The second-order valence-electron chi connectivity index (χ2n) is 9.13. The number of fused-ring (bicyclic) bond motifs is 10. The first-order valence-electron chi connectivity index (χ1n) is 12.2. The Bertz CT molecular complexity index is 1540. The zero-order chi connectivity index (χ0) is 26.6. The van der Waals surface area contributed by atoms with Crippen molar-refractivity contribution < 1.29 is 18.4 Å². The van der Waals surface area contributed by atoms with Crippen molar-refractivity contribution in [3.05, 3.63) is 89.6 Å². The monoisotopic (exact) mass is 528 g/mol. The zero-order valence-electron chi connectivity index (χ0n) is 20.4. The molecule has 2 aliphatic rings. The fourth-order valence-corrected chi connectivity index (χ4v) is 5.08. The van der Waals surface area contributed by atoms with Gasteiger partial charge in [0.15, 0.2) is 0 Å². The molecule has 1 aromatic heterocycles. The van der Waals surface area contributed by atoms with Gasteiger partial charge >= 0.3 is 0 Å². The van der Waals surface area contributed by atoms with Crippen LogP contribution in [0.1, 0.15) is 35.6 Å². The lowest BCUT2D eigenvalue weighted by Gasteiger charge is -2.22. The summed E-state index contributed by atoms with van der Waals surface area (Å²) < 4.78 is 23.6. The van der Waals surface area contributed by atoms with Gasteiger partial charge in [-0.3, -0.25) is 13.8 Å². The number of nitrogens with zero attached hydrogens (tertiary/aromatic N) is 1. The Morgan fingerprint density at radius 2 is 1.82 bits per heavy atom. The van der Waals surface area contributed by atoms with Crippen LogP contribution in [0.25, 0.3) is 10.8 Å². The summed E-state index contributed by atoms with van der Waals surface area (Å²) in [5, 5.41) is 10.7. The Labute approximate surface area is 222 Å². The van der Waals surface area contributed by atoms with E-state index in [-0.39, 0.29) is 23.3 Å². The first-order chi connectivity index (χ1) is 18.4. The number of aryl methyl sites for hydroxylation is 1. The van der Waals surface area contributed by atoms with Gasteiger partial charge in [0.1, 0.15) is 11.9 Å². The molecule has 0 saturated carbocycles. The fourth-order valence-electron chi connectivity index (χ4n) is 4.55. The second-order valence-corrected chi connectivity index (χ2v) is 10.0. The van der Waals surface area contributed by atoms with Crippen molar-refractivity contribution in [2.24, 2.45) is 0 Å². The van der Waals surface area contributed by atoms with E-state index >= 15 is 0 Å². The second kappa shape index (κ2) is 11.0. The number of carbonyl (C=O) groups excluding carboxylic acids is 2. The van der Waals surface area contributed by atoms with E-state index < -0.39 is 17.1 Å². The molecule has 10 heteroatoms. The highest BCUT2D eigenvalue weighted by molar-refractivity contribution is 7.79. The summed E-state index contributed by atoms with van der Waals surface area (Å²) in [6, 6.07) is 18.9. The number of anilines is 3. The molecule has 5 N–H and O–H groups in total. The van der Waals surface area contributed by atoms with E-state index in [0.717, 1.165) is 21.9 Å². The van der Waals surface area contributed by atoms with E-state index in [9.17, 15) is 18.4 Å². The van der Waals surface area contributed by atoms with E-state index in [0.29, 0.717) is 42.0 Å². The molecule has 0 aliphatic carbocycles. The molecule has 9 nitrogen and oxygen atoms in total. The van der Waals surface area contributed by atoms with E-state index in [4.69, 9.17) is 5.73 Å². The van der Waals surface area contributed by atoms with E-state index in [2.05, 4.69) is 20.9 Å². The number of amides is 2. The van der Waals surface area contributed by atoms with Gasteiger partial charge in [-0.05, 0) is 88.5 Å². The molecular weight excluding hydrogens is 502 g/mol. The van der Waals surface area contributed by atoms with Crippen LogP contribution < -0.4 is 21.7 Å². The molecule has 0 radical (unpaired) electrons. The van der Waals surface area contributed by atoms with Gasteiger partial charge in [0.25, 0.3) is 0 Å². The molecule has 0 saturated heterocycles. The predicted octanol–water partition coefficient (Wildman–Crippen LogP) is 3.80. The third-order valence-electron chi connectivity index (χ3n) is 6.53. The van der Waals surface area contributed by atoms with Crippen LogP contribution in [0.5, 0.6) is 0 Å². The average Bonchev–Trinajstić information content (AvgIpc) is 2.90. The number of hydrogen-bond acceptors (Lipinski definition) is 7. The van der Waals surface area contributed by atoms with Gasteiger partial charge < -0.3 is 26.2 Å². The molecular formula is C28H26N5O4S-. The minimum absolute atomic E-state index is 0.0396. The fraction of sp³-hybridized carbons (Fsp3) is 0.179. The average molecular weight is 529 g/mol. The summed E-state index contributed by atoms with van der Waals surface area (Å²) in [4.78, 5) is 30.1. The topological polar surface area (TPSA) is 149 Å². The van der Waals surface area contributed by atoms with Gasteiger partial charge in [-0.2, -0.15) is 0 Å². The summed E-state index contributed by atoms with van der Waals surface area (Å²) >= 11 is -2.51. The molecule has 4 bridgehead atoms. The molecule has 0 spiro atoms. The third-order valence-corrected chi connectivity index (χ3v) is 7.29. The van der Waals surface area contributed by atoms with E-state index in [1.54, 1.807) is 18.3 Å². The minimum Gasteiger partial charge on any atom is -0.768 e. The Morgan fingerprint density at radius 1 is 1.00 bits per heavy atom. The van der Waals surface area contributed by atoms with Gasteiger partial charge in [-0.25, -0.2) is 4.98 Å². The van der Waals surface area contributed by atoms with Crippen LogP contribution in [-0.2, 0) is 33.6 Å². The van der Waals surface area contributed by atoms with E-state index in [1.807, 2.05) is 48.5 Å². The van der Waals surface area contributed by atoms with Gasteiger partial charge in [0, 0.05) is 40.8 Å². The standard InChI is InChI=1S/C28H27N5O4S/c29-27-23-10-8-22(14-19(23)12-13-30-27)33-26-18-6-4-17(5-7-18)2-1-3-25(34)32-21-9-11-24(38(36)37)20(15-21)16-31-28(26)35/h4-15,26,33H,1-3,16H2,(H2,29,30)(H,31,35)(H,32,34)(H,36,37)/p-1. The van der Waals surface area contributed by atoms with Crippen molar-refractivity contribution in [3.63, 3.8) is 0 Å². The number of nitrogens with one attached hydrogen (secondary N) is 3. The Balaban J connectivity index is 1.49. The lowest BCUT2D eigenvalue weighted by molar-refractivity contribution is -0.122. The minimum atomic E-state index is -2.51. The van der Waals surface area contributed by atoms with Crippen molar-refractivity contribution in [3.8, 4) is 0 Å². The lowest BCUT2D eigenvalue weighted by Crippen LogP contribution is -2.33. The number of nitrogens with two attached hydrogens (primary N) is 1. The number of carbonyl (C=O) groups is 2. The highest BCUT2D eigenvalue weighted by atomic mass is 32.2. The molecule has 3 heterocycles. The summed E-state index contributed by atoms with van der Waals surface area (Å²) in [5.41, 5.74) is 9.35. The summed E-state index contributed by atoms with van der Waals surface area (Å²) in [5.74, 6) is -0.0646. The molecule has 0 fully saturated rings. The number of rotatable bonds is 3. The Hall–Kier alpha value is -4.28. The summed E-state index contributed by atoms with van der Waals surface area (Å²) in [6.45, 7) is -0.0396. The molecule has 6 rings (SSSR count). The van der Waals surface area contributed by atoms with Crippen LogP contribution in [0.4, 0.5) is 17.2 Å². The van der Waals surface area contributed by atoms with Crippen molar-refractivity contribution >= 4 is 50.9 Å². The number of pyridine rings is 1. The largest absolute Gasteiger partial charge is 0.768 e. The van der Waals surface area contributed by atoms with Crippen molar-refractivity contribution in [1.82, 2.24) is 10.3 Å². The Kier molecular flexibility index (Phi) is 7.34.